The van der Waals surface area contributed by atoms with Crippen LogP contribution in [0.2, 0.25) is 11.6 Å². The monoisotopic (exact) mass is 337 g/mol. The highest BCUT2D eigenvalue weighted by Gasteiger charge is 2.40. The Labute approximate surface area is 146 Å². The SMILES string of the molecule is O=C(Nc1ccccc1)OC[C@H]1[B][C@@H]1COC(=O)Nc1ccccc1. The van der Waals surface area contributed by atoms with Gasteiger partial charge in [-0.3, -0.25) is 10.6 Å². The molecule has 0 saturated carbocycles. The number of hydrogen-bond donors (Lipinski definition) is 2. The summed E-state index contributed by atoms with van der Waals surface area (Å²) < 4.78 is 10.3. The molecule has 0 bridgehead atoms. The lowest BCUT2D eigenvalue weighted by atomic mass is 10.0. The van der Waals surface area contributed by atoms with Gasteiger partial charge in [0, 0.05) is 11.4 Å². The molecule has 127 valence electrons. The van der Waals surface area contributed by atoms with Crippen molar-refractivity contribution in [1.82, 2.24) is 0 Å². The fourth-order valence-corrected chi connectivity index (χ4v) is 2.31. The van der Waals surface area contributed by atoms with Gasteiger partial charge in [-0.05, 0) is 35.9 Å². The Bertz CT molecular complexity index is 650. The van der Waals surface area contributed by atoms with Crippen molar-refractivity contribution >= 4 is 30.8 Å². The standard InChI is InChI=1S/C18H18BN2O4/c22-17(20-13-7-3-1-4-8-13)24-11-15-16(19-15)12-25-18(23)21-14-9-5-2-6-10-14/h1-10,15-16H,11-12H2,(H,20,22)(H,21,23)/t15-,16-/m1/s1. The Balaban J connectivity index is 1.29. The summed E-state index contributed by atoms with van der Waals surface area (Å²) in [6.07, 6.45) is -0.985. The van der Waals surface area contributed by atoms with Crippen LogP contribution in [0.15, 0.2) is 60.7 Å². The Morgan fingerprint density at radius 2 is 1.16 bits per heavy atom. The molecule has 0 spiro atoms. The van der Waals surface area contributed by atoms with Crippen LogP contribution >= 0.6 is 0 Å². The van der Waals surface area contributed by atoms with Crippen molar-refractivity contribution in [3.63, 3.8) is 0 Å². The van der Waals surface area contributed by atoms with Crippen molar-refractivity contribution in [1.29, 1.82) is 0 Å². The second kappa shape index (κ2) is 8.23. The minimum absolute atomic E-state index is 0.117. The zero-order chi connectivity index (χ0) is 17.5. The molecule has 6 nitrogen and oxygen atoms in total. The highest BCUT2D eigenvalue weighted by Crippen LogP contribution is 2.41. The highest BCUT2D eigenvalue weighted by molar-refractivity contribution is 6.54. The van der Waals surface area contributed by atoms with Crippen LogP contribution in [0.3, 0.4) is 0 Å². The summed E-state index contributed by atoms with van der Waals surface area (Å²) in [6.45, 7) is 0.542. The summed E-state index contributed by atoms with van der Waals surface area (Å²) in [5.41, 5.74) is 1.37. The number of para-hydroxylation sites is 2. The molecule has 2 amide bonds. The van der Waals surface area contributed by atoms with E-state index < -0.39 is 12.2 Å². The molecule has 7 heteroatoms. The number of carbonyl (C=O) groups excluding carboxylic acids is 2. The van der Waals surface area contributed by atoms with Crippen LogP contribution in [-0.2, 0) is 9.47 Å². The van der Waals surface area contributed by atoms with Gasteiger partial charge in [0.2, 0.25) is 0 Å². The first-order valence-corrected chi connectivity index (χ1v) is 8.03. The Kier molecular flexibility index (Phi) is 5.56. The van der Waals surface area contributed by atoms with Gasteiger partial charge in [-0.1, -0.05) is 36.4 Å². The normalized spacial score (nSPS) is 17.8. The maximum Gasteiger partial charge on any atom is 0.411 e. The molecule has 2 aromatic carbocycles. The molecule has 1 saturated heterocycles. The van der Waals surface area contributed by atoms with Gasteiger partial charge in [0.15, 0.2) is 0 Å². The van der Waals surface area contributed by atoms with Crippen molar-refractivity contribution in [2.24, 2.45) is 0 Å². The molecule has 0 aliphatic carbocycles. The quantitative estimate of drug-likeness (QED) is 0.787. The number of benzene rings is 2. The van der Waals surface area contributed by atoms with Crippen molar-refractivity contribution in [2.45, 2.75) is 11.6 Å². The smallest absolute Gasteiger partial charge is 0.411 e. The number of rotatable bonds is 6. The maximum atomic E-state index is 11.7. The van der Waals surface area contributed by atoms with Crippen LogP contribution in [0.4, 0.5) is 21.0 Å². The third-order valence-electron chi connectivity index (χ3n) is 3.76. The van der Waals surface area contributed by atoms with Crippen LogP contribution in [0, 0.1) is 0 Å². The average Bonchev–Trinajstić information content (AvgIpc) is 3.39. The minimum Gasteiger partial charge on any atom is -0.450 e. The molecule has 1 radical (unpaired) electrons. The molecule has 2 atom stereocenters. The van der Waals surface area contributed by atoms with Gasteiger partial charge < -0.3 is 9.47 Å². The molecule has 0 aromatic heterocycles. The maximum absolute atomic E-state index is 11.7. The van der Waals surface area contributed by atoms with Gasteiger partial charge in [-0.2, -0.15) is 0 Å². The average molecular weight is 337 g/mol. The first-order valence-electron chi connectivity index (χ1n) is 8.03. The summed E-state index contributed by atoms with van der Waals surface area (Å²) in [4.78, 5) is 23.4. The summed E-state index contributed by atoms with van der Waals surface area (Å²) in [5, 5.41) is 5.29. The van der Waals surface area contributed by atoms with Gasteiger partial charge in [0.05, 0.1) is 13.2 Å². The predicted molar refractivity (Wildman–Crippen MR) is 96.1 cm³/mol. The van der Waals surface area contributed by atoms with E-state index in [-0.39, 0.29) is 24.8 Å². The second-order valence-corrected chi connectivity index (χ2v) is 5.70. The lowest BCUT2D eigenvalue weighted by molar-refractivity contribution is 0.151. The number of carbonyl (C=O) groups is 2. The summed E-state index contributed by atoms with van der Waals surface area (Å²) in [6, 6.07) is 18.2. The van der Waals surface area contributed by atoms with Crippen LogP contribution in [0.5, 0.6) is 0 Å². The third-order valence-corrected chi connectivity index (χ3v) is 3.76. The number of hydrogen-bond acceptors (Lipinski definition) is 4. The molecule has 25 heavy (non-hydrogen) atoms. The molecular formula is C18H18BN2O4. The third kappa shape index (κ3) is 5.56. The van der Waals surface area contributed by atoms with E-state index in [4.69, 9.17) is 9.47 Å². The number of nitrogens with one attached hydrogen (secondary N) is 2. The van der Waals surface area contributed by atoms with Crippen molar-refractivity contribution in [2.75, 3.05) is 23.8 Å². The fourth-order valence-electron chi connectivity index (χ4n) is 2.31. The molecule has 1 aliphatic heterocycles. The zero-order valence-electron chi connectivity index (χ0n) is 13.6. The van der Waals surface area contributed by atoms with Gasteiger partial charge in [-0.25, -0.2) is 9.59 Å². The van der Waals surface area contributed by atoms with Gasteiger partial charge >= 0.3 is 12.2 Å². The van der Waals surface area contributed by atoms with E-state index in [0.29, 0.717) is 11.4 Å². The van der Waals surface area contributed by atoms with E-state index >= 15 is 0 Å². The van der Waals surface area contributed by atoms with E-state index in [1.54, 1.807) is 24.3 Å². The first-order chi connectivity index (χ1) is 12.2. The van der Waals surface area contributed by atoms with Crippen LogP contribution in [-0.4, -0.2) is 32.7 Å². The molecule has 2 aromatic rings. The van der Waals surface area contributed by atoms with Crippen molar-refractivity contribution in [3.05, 3.63) is 60.7 Å². The summed E-state index contributed by atoms with van der Waals surface area (Å²) >= 11 is 0. The minimum atomic E-state index is -0.493. The topological polar surface area (TPSA) is 76.7 Å². The number of amides is 2. The van der Waals surface area contributed by atoms with Crippen molar-refractivity contribution < 1.29 is 19.1 Å². The molecule has 3 rings (SSSR count). The van der Waals surface area contributed by atoms with E-state index in [9.17, 15) is 9.59 Å². The van der Waals surface area contributed by atoms with Crippen LogP contribution in [0.25, 0.3) is 0 Å². The Morgan fingerprint density at radius 1 is 0.760 bits per heavy atom. The lowest BCUT2D eigenvalue weighted by Crippen LogP contribution is -2.15. The molecule has 1 heterocycles. The van der Waals surface area contributed by atoms with E-state index in [1.165, 1.54) is 0 Å². The van der Waals surface area contributed by atoms with Crippen molar-refractivity contribution in [3.8, 4) is 0 Å². The molecule has 1 fully saturated rings. The van der Waals surface area contributed by atoms with Crippen LogP contribution in [0.1, 0.15) is 0 Å². The molecule has 1 aliphatic rings. The summed E-state index contributed by atoms with van der Waals surface area (Å²) in [5.74, 6) is 0.233. The fraction of sp³-hybridized carbons (Fsp3) is 0.222. The number of anilines is 2. The van der Waals surface area contributed by atoms with E-state index in [2.05, 4.69) is 10.6 Å². The highest BCUT2D eigenvalue weighted by atomic mass is 16.6. The van der Waals surface area contributed by atoms with Crippen LogP contribution < -0.4 is 10.6 Å². The second-order valence-electron chi connectivity index (χ2n) is 5.70. The first kappa shape index (κ1) is 16.9. The largest absolute Gasteiger partial charge is 0.450 e. The molecular weight excluding hydrogens is 319 g/mol. The van der Waals surface area contributed by atoms with Gasteiger partial charge in [-0.15, -0.1) is 0 Å². The van der Waals surface area contributed by atoms with E-state index in [1.807, 2.05) is 43.7 Å². The van der Waals surface area contributed by atoms with Gasteiger partial charge in [0.1, 0.15) is 7.28 Å². The zero-order valence-corrected chi connectivity index (χ0v) is 13.6. The Hall–Kier alpha value is -2.96. The predicted octanol–water partition coefficient (Wildman–Crippen LogP) is 3.78. The number of ether oxygens (including phenoxy) is 2. The summed E-state index contributed by atoms with van der Waals surface area (Å²) in [7, 11) is 1.99. The molecule has 2 N–H and O–H groups in total. The van der Waals surface area contributed by atoms with E-state index in [0.717, 1.165) is 0 Å². The molecule has 0 unspecified atom stereocenters. The lowest BCUT2D eigenvalue weighted by Gasteiger charge is -2.08. The Morgan fingerprint density at radius 3 is 1.56 bits per heavy atom. The van der Waals surface area contributed by atoms with Gasteiger partial charge in [0.25, 0.3) is 0 Å².